The van der Waals surface area contributed by atoms with Crippen molar-refractivity contribution < 1.29 is 4.39 Å². The summed E-state index contributed by atoms with van der Waals surface area (Å²) in [6.07, 6.45) is 0.599. The molecule has 0 amide bonds. The number of nitrogen functional groups attached to an aromatic ring is 1. The zero-order valence-corrected chi connectivity index (χ0v) is 7.79. The van der Waals surface area contributed by atoms with E-state index in [9.17, 15) is 4.39 Å². The summed E-state index contributed by atoms with van der Waals surface area (Å²) < 4.78 is 13.3. The molecule has 0 atom stereocenters. The van der Waals surface area contributed by atoms with Gasteiger partial charge >= 0.3 is 0 Å². The molecule has 0 unspecified atom stereocenters. The Balaban J connectivity index is 2.82. The minimum absolute atomic E-state index is 0.237. The molecule has 0 saturated heterocycles. The van der Waals surface area contributed by atoms with Crippen LogP contribution in [-0.2, 0) is 6.42 Å². The van der Waals surface area contributed by atoms with E-state index in [1.165, 1.54) is 6.07 Å². The first kappa shape index (κ1) is 8.87. The Morgan fingerprint density at radius 3 is 2.86 bits per heavy atom. The molecule has 0 bridgehead atoms. The fourth-order valence-corrected chi connectivity index (χ4v) is 1.50. The van der Waals surface area contributed by atoms with E-state index < -0.39 is 0 Å². The van der Waals surface area contributed by atoms with Crippen molar-refractivity contribution in [2.24, 2.45) is 0 Å². The number of hydrogen-bond acceptors (Lipinski definition) is 3. The Kier molecular flexibility index (Phi) is 2.04. The predicted octanol–water partition coefficient (Wildman–Crippen LogP) is 1.91. The number of anilines is 1. The molecule has 0 aliphatic rings. The van der Waals surface area contributed by atoms with Crippen LogP contribution in [-0.4, -0.2) is 10.2 Å². The van der Waals surface area contributed by atoms with E-state index in [0.717, 1.165) is 5.39 Å². The average Bonchev–Trinajstić information content (AvgIpc) is 2.18. The van der Waals surface area contributed by atoms with Crippen LogP contribution in [0.4, 0.5) is 10.2 Å². The van der Waals surface area contributed by atoms with Gasteiger partial charge in [-0.05, 0) is 24.6 Å². The van der Waals surface area contributed by atoms with Crippen molar-refractivity contribution in [3.63, 3.8) is 0 Å². The zero-order chi connectivity index (χ0) is 10.1. The molecule has 0 radical (unpaired) electrons. The summed E-state index contributed by atoms with van der Waals surface area (Å²) in [4.78, 5) is 0. The van der Waals surface area contributed by atoms with Gasteiger partial charge in [0.2, 0.25) is 0 Å². The topological polar surface area (TPSA) is 51.8 Å². The largest absolute Gasteiger partial charge is 0.382 e. The highest BCUT2D eigenvalue weighted by molar-refractivity contribution is 5.83. The third-order valence-corrected chi connectivity index (χ3v) is 2.18. The van der Waals surface area contributed by atoms with Crippen molar-refractivity contribution in [1.29, 1.82) is 0 Å². The van der Waals surface area contributed by atoms with Gasteiger partial charge in [0.1, 0.15) is 11.6 Å². The Hall–Kier alpha value is -1.71. The second-order valence-corrected chi connectivity index (χ2v) is 3.09. The highest BCUT2D eigenvalue weighted by Gasteiger charge is 2.07. The molecule has 0 spiro atoms. The van der Waals surface area contributed by atoms with Crippen molar-refractivity contribution in [3.05, 3.63) is 29.6 Å². The molecule has 0 aliphatic carbocycles. The van der Waals surface area contributed by atoms with Crippen LogP contribution in [0.1, 0.15) is 12.5 Å². The lowest BCUT2D eigenvalue weighted by Crippen LogP contribution is -1.97. The van der Waals surface area contributed by atoms with Crippen LogP contribution in [0.25, 0.3) is 10.9 Å². The number of aryl methyl sites for hydroxylation is 1. The summed E-state index contributed by atoms with van der Waals surface area (Å²) in [5.74, 6) is 0.116. The van der Waals surface area contributed by atoms with Gasteiger partial charge in [-0.25, -0.2) is 4.39 Å². The quantitative estimate of drug-likeness (QED) is 0.749. The Bertz CT molecular complexity index is 482. The molecule has 4 heteroatoms. The van der Waals surface area contributed by atoms with Gasteiger partial charge in [-0.1, -0.05) is 6.92 Å². The van der Waals surface area contributed by atoms with Crippen molar-refractivity contribution >= 4 is 16.7 Å². The second kappa shape index (κ2) is 3.21. The van der Waals surface area contributed by atoms with Crippen LogP contribution < -0.4 is 5.73 Å². The molecule has 1 aromatic carbocycles. The van der Waals surface area contributed by atoms with Gasteiger partial charge in [-0.2, -0.15) is 0 Å². The Morgan fingerprint density at radius 1 is 1.36 bits per heavy atom. The van der Waals surface area contributed by atoms with E-state index in [1.54, 1.807) is 12.1 Å². The maximum absolute atomic E-state index is 13.3. The smallest absolute Gasteiger partial charge is 0.146 e. The summed E-state index contributed by atoms with van der Waals surface area (Å²) in [6.45, 7) is 1.88. The third kappa shape index (κ3) is 1.28. The highest BCUT2D eigenvalue weighted by atomic mass is 19.1. The average molecular weight is 191 g/mol. The van der Waals surface area contributed by atoms with E-state index in [4.69, 9.17) is 5.73 Å². The number of aromatic nitrogens is 2. The van der Waals surface area contributed by atoms with Gasteiger partial charge in [0.05, 0.1) is 5.52 Å². The first-order valence-electron chi connectivity index (χ1n) is 4.42. The number of halogens is 1. The summed E-state index contributed by atoms with van der Waals surface area (Å²) >= 11 is 0. The molecule has 3 nitrogen and oxygen atoms in total. The molecular formula is C10H10FN3. The zero-order valence-electron chi connectivity index (χ0n) is 7.79. The number of benzene rings is 1. The van der Waals surface area contributed by atoms with Gasteiger partial charge in [0.25, 0.3) is 0 Å². The van der Waals surface area contributed by atoms with Gasteiger partial charge < -0.3 is 5.73 Å². The molecule has 0 fully saturated rings. The minimum atomic E-state index is -0.237. The van der Waals surface area contributed by atoms with E-state index in [2.05, 4.69) is 10.2 Å². The Morgan fingerprint density at radius 2 is 2.14 bits per heavy atom. The van der Waals surface area contributed by atoms with Gasteiger partial charge in [-0.3, -0.25) is 0 Å². The maximum atomic E-state index is 13.3. The first-order chi connectivity index (χ1) is 6.72. The van der Waals surface area contributed by atoms with Crippen LogP contribution in [0.3, 0.4) is 0 Å². The lowest BCUT2D eigenvalue weighted by molar-refractivity contribution is 0.614. The van der Waals surface area contributed by atoms with E-state index in [0.29, 0.717) is 23.3 Å². The van der Waals surface area contributed by atoms with Crippen LogP contribution >= 0.6 is 0 Å². The number of nitrogens with zero attached hydrogens (tertiary/aromatic N) is 2. The summed E-state index contributed by atoms with van der Waals surface area (Å²) in [6, 6.07) is 4.79. The van der Waals surface area contributed by atoms with Crippen molar-refractivity contribution in [2.75, 3.05) is 5.73 Å². The summed E-state index contributed by atoms with van der Waals surface area (Å²) in [5.41, 5.74) is 6.68. The van der Waals surface area contributed by atoms with Crippen molar-refractivity contribution in [1.82, 2.24) is 10.2 Å². The van der Waals surface area contributed by atoms with E-state index in [-0.39, 0.29) is 5.82 Å². The maximum Gasteiger partial charge on any atom is 0.146 e. The SMILES string of the molecule is CCc1c(F)ccc2cc(N)nnc12. The number of fused-ring (bicyclic) bond motifs is 1. The standard InChI is InChI=1S/C10H10FN3/c1-2-7-8(11)4-3-6-5-9(12)13-14-10(6)7/h3-5H,2H2,1H3,(H2,12,13). The monoisotopic (exact) mass is 191 g/mol. The minimum Gasteiger partial charge on any atom is -0.382 e. The van der Waals surface area contributed by atoms with Crippen LogP contribution in [0, 0.1) is 5.82 Å². The summed E-state index contributed by atoms with van der Waals surface area (Å²) in [5, 5.41) is 8.44. The van der Waals surface area contributed by atoms with E-state index in [1.807, 2.05) is 6.92 Å². The van der Waals surface area contributed by atoms with Gasteiger partial charge in [-0.15, -0.1) is 10.2 Å². The molecule has 14 heavy (non-hydrogen) atoms. The molecule has 0 saturated carbocycles. The highest BCUT2D eigenvalue weighted by Crippen LogP contribution is 2.20. The predicted molar refractivity (Wildman–Crippen MR) is 53.3 cm³/mol. The number of nitrogens with two attached hydrogens (primary N) is 1. The molecule has 2 rings (SSSR count). The first-order valence-corrected chi connectivity index (χ1v) is 4.42. The van der Waals surface area contributed by atoms with Crippen LogP contribution in [0.2, 0.25) is 0 Å². The third-order valence-electron chi connectivity index (χ3n) is 2.18. The fourth-order valence-electron chi connectivity index (χ4n) is 1.50. The lowest BCUT2D eigenvalue weighted by Gasteiger charge is -2.04. The molecular weight excluding hydrogens is 181 g/mol. The van der Waals surface area contributed by atoms with Crippen molar-refractivity contribution in [2.45, 2.75) is 13.3 Å². The van der Waals surface area contributed by atoms with Gasteiger partial charge in [0.15, 0.2) is 0 Å². The normalized spacial score (nSPS) is 10.7. The second-order valence-electron chi connectivity index (χ2n) is 3.09. The molecule has 2 N–H and O–H groups in total. The molecule has 2 aromatic rings. The van der Waals surface area contributed by atoms with Crippen LogP contribution in [0.15, 0.2) is 18.2 Å². The summed E-state index contributed by atoms with van der Waals surface area (Å²) in [7, 11) is 0. The number of rotatable bonds is 1. The van der Waals surface area contributed by atoms with E-state index >= 15 is 0 Å². The van der Waals surface area contributed by atoms with Gasteiger partial charge in [0, 0.05) is 10.9 Å². The molecule has 1 heterocycles. The fraction of sp³-hybridized carbons (Fsp3) is 0.200. The Labute approximate surface area is 80.8 Å². The van der Waals surface area contributed by atoms with Crippen molar-refractivity contribution in [3.8, 4) is 0 Å². The molecule has 72 valence electrons. The molecule has 1 aromatic heterocycles. The van der Waals surface area contributed by atoms with Crippen LogP contribution in [0.5, 0.6) is 0 Å². The molecule has 0 aliphatic heterocycles. The lowest BCUT2D eigenvalue weighted by atomic mass is 10.1. The number of hydrogen-bond donors (Lipinski definition) is 1.